The van der Waals surface area contributed by atoms with Gasteiger partial charge in [-0.2, -0.15) is 0 Å². The van der Waals surface area contributed by atoms with Crippen molar-refractivity contribution in [3.05, 3.63) is 25.3 Å². The predicted octanol–water partition coefficient (Wildman–Crippen LogP) is 1.22. The SMILES string of the molecule is C=CC.C=CC(=O)N1CCOCC1. The number of morpholine rings is 1. The van der Waals surface area contributed by atoms with Crippen molar-refractivity contribution >= 4 is 5.91 Å². The summed E-state index contributed by atoms with van der Waals surface area (Å²) in [6.45, 7) is 11.4. The van der Waals surface area contributed by atoms with Crippen molar-refractivity contribution in [3.8, 4) is 0 Å². The molecular weight excluding hydrogens is 166 g/mol. The maximum absolute atomic E-state index is 10.9. The second-order valence-corrected chi connectivity index (χ2v) is 2.55. The first kappa shape index (κ1) is 11.9. The zero-order chi connectivity index (χ0) is 10.1. The number of allylic oxidation sites excluding steroid dienone is 1. The van der Waals surface area contributed by atoms with E-state index in [1.807, 2.05) is 6.92 Å². The lowest BCUT2D eigenvalue weighted by atomic mass is 10.4. The van der Waals surface area contributed by atoms with E-state index in [4.69, 9.17) is 4.74 Å². The molecule has 0 bridgehead atoms. The molecule has 0 N–H and O–H groups in total. The predicted molar refractivity (Wildman–Crippen MR) is 53.5 cm³/mol. The van der Waals surface area contributed by atoms with Crippen LogP contribution in [0.1, 0.15) is 6.92 Å². The lowest BCUT2D eigenvalue weighted by Gasteiger charge is -2.25. The molecule has 1 rings (SSSR count). The van der Waals surface area contributed by atoms with Gasteiger partial charge in [-0.15, -0.1) is 6.58 Å². The van der Waals surface area contributed by atoms with Gasteiger partial charge in [0.2, 0.25) is 5.91 Å². The van der Waals surface area contributed by atoms with Crippen molar-refractivity contribution in [2.45, 2.75) is 6.92 Å². The smallest absolute Gasteiger partial charge is 0.246 e. The van der Waals surface area contributed by atoms with Crippen molar-refractivity contribution in [2.75, 3.05) is 26.3 Å². The third kappa shape index (κ3) is 5.20. The summed E-state index contributed by atoms with van der Waals surface area (Å²) in [5.41, 5.74) is 0. The van der Waals surface area contributed by atoms with E-state index in [0.717, 1.165) is 0 Å². The fraction of sp³-hybridized carbons (Fsp3) is 0.500. The summed E-state index contributed by atoms with van der Waals surface area (Å²) in [7, 11) is 0. The van der Waals surface area contributed by atoms with E-state index in [1.165, 1.54) is 6.08 Å². The second kappa shape index (κ2) is 7.55. The van der Waals surface area contributed by atoms with Crippen molar-refractivity contribution in [2.24, 2.45) is 0 Å². The van der Waals surface area contributed by atoms with Crippen LogP contribution in [0.15, 0.2) is 25.3 Å². The molecule has 1 saturated heterocycles. The van der Waals surface area contributed by atoms with Gasteiger partial charge in [0.25, 0.3) is 0 Å². The molecule has 0 aromatic carbocycles. The standard InChI is InChI=1S/C7H11NO2.C3H6/c1-2-7(9)8-3-5-10-6-4-8;1-3-2/h2H,1,3-6H2;3H,1H2,2H3. The number of hydrogen-bond acceptors (Lipinski definition) is 2. The van der Waals surface area contributed by atoms with Crippen LogP contribution in [0.25, 0.3) is 0 Å². The molecule has 1 aliphatic rings. The first-order chi connectivity index (χ1) is 6.26. The first-order valence-electron chi connectivity index (χ1n) is 4.32. The first-order valence-corrected chi connectivity index (χ1v) is 4.32. The Kier molecular flexibility index (Phi) is 6.92. The lowest BCUT2D eigenvalue weighted by molar-refractivity contribution is -0.129. The molecule has 1 heterocycles. The van der Waals surface area contributed by atoms with Crippen LogP contribution in [0.3, 0.4) is 0 Å². The van der Waals surface area contributed by atoms with Gasteiger partial charge in [0.05, 0.1) is 13.2 Å². The topological polar surface area (TPSA) is 29.5 Å². The van der Waals surface area contributed by atoms with Gasteiger partial charge in [-0.1, -0.05) is 12.7 Å². The Bertz CT molecular complexity index is 172. The summed E-state index contributed by atoms with van der Waals surface area (Å²) in [5, 5.41) is 0. The maximum Gasteiger partial charge on any atom is 0.246 e. The van der Waals surface area contributed by atoms with E-state index < -0.39 is 0 Å². The third-order valence-corrected chi connectivity index (χ3v) is 1.50. The number of amides is 1. The highest BCUT2D eigenvalue weighted by atomic mass is 16.5. The van der Waals surface area contributed by atoms with E-state index in [0.29, 0.717) is 26.3 Å². The van der Waals surface area contributed by atoms with E-state index in [9.17, 15) is 4.79 Å². The third-order valence-electron chi connectivity index (χ3n) is 1.50. The van der Waals surface area contributed by atoms with Gasteiger partial charge in [-0.3, -0.25) is 4.79 Å². The molecule has 1 fully saturated rings. The van der Waals surface area contributed by atoms with Gasteiger partial charge in [-0.25, -0.2) is 0 Å². The summed E-state index contributed by atoms with van der Waals surface area (Å²) in [4.78, 5) is 12.7. The monoisotopic (exact) mass is 183 g/mol. The van der Waals surface area contributed by atoms with Gasteiger partial charge in [0, 0.05) is 13.1 Å². The molecule has 0 unspecified atom stereocenters. The number of nitrogens with zero attached hydrogens (tertiary/aromatic N) is 1. The van der Waals surface area contributed by atoms with Gasteiger partial charge in [0.1, 0.15) is 0 Å². The normalized spacial score (nSPS) is 15.3. The average molecular weight is 183 g/mol. The molecule has 74 valence electrons. The van der Waals surface area contributed by atoms with Crippen LogP contribution < -0.4 is 0 Å². The van der Waals surface area contributed by atoms with E-state index in [1.54, 1.807) is 11.0 Å². The highest BCUT2D eigenvalue weighted by Crippen LogP contribution is 1.96. The van der Waals surface area contributed by atoms with Crippen LogP contribution in [-0.4, -0.2) is 37.1 Å². The lowest BCUT2D eigenvalue weighted by Crippen LogP contribution is -2.39. The van der Waals surface area contributed by atoms with Gasteiger partial charge in [-0.05, 0) is 13.0 Å². The van der Waals surface area contributed by atoms with Gasteiger partial charge in [0.15, 0.2) is 0 Å². The quantitative estimate of drug-likeness (QED) is 0.452. The number of hydrogen-bond donors (Lipinski definition) is 0. The molecule has 0 aromatic rings. The van der Waals surface area contributed by atoms with Crippen LogP contribution in [0.5, 0.6) is 0 Å². The van der Waals surface area contributed by atoms with Crippen LogP contribution in [-0.2, 0) is 9.53 Å². The molecular formula is C10H17NO2. The van der Waals surface area contributed by atoms with Gasteiger partial charge >= 0.3 is 0 Å². The van der Waals surface area contributed by atoms with E-state index in [2.05, 4.69) is 13.2 Å². The molecule has 1 aliphatic heterocycles. The Balaban J connectivity index is 0.000000424. The largest absolute Gasteiger partial charge is 0.378 e. The molecule has 0 saturated carbocycles. The van der Waals surface area contributed by atoms with Crippen molar-refractivity contribution in [3.63, 3.8) is 0 Å². The van der Waals surface area contributed by atoms with Crippen LogP contribution in [0.2, 0.25) is 0 Å². The Labute approximate surface area is 79.7 Å². The summed E-state index contributed by atoms with van der Waals surface area (Å²) in [5.74, 6) is 0.00306. The Hall–Kier alpha value is -1.09. The molecule has 0 radical (unpaired) electrons. The minimum atomic E-state index is 0.00306. The minimum Gasteiger partial charge on any atom is -0.378 e. The zero-order valence-electron chi connectivity index (χ0n) is 8.16. The highest BCUT2D eigenvalue weighted by molar-refractivity contribution is 5.87. The van der Waals surface area contributed by atoms with Crippen molar-refractivity contribution in [1.82, 2.24) is 4.90 Å². The molecule has 0 atom stereocenters. The number of rotatable bonds is 1. The molecule has 0 aliphatic carbocycles. The van der Waals surface area contributed by atoms with Crippen LogP contribution in [0, 0.1) is 0 Å². The average Bonchev–Trinajstić information content (AvgIpc) is 2.19. The molecule has 0 spiro atoms. The van der Waals surface area contributed by atoms with Crippen LogP contribution in [0.4, 0.5) is 0 Å². The molecule has 13 heavy (non-hydrogen) atoms. The molecule has 0 aromatic heterocycles. The van der Waals surface area contributed by atoms with Gasteiger partial charge < -0.3 is 9.64 Å². The Morgan fingerprint density at radius 2 is 1.85 bits per heavy atom. The Morgan fingerprint density at radius 3 is 2.23 bits per heavy atom. The molecule has 3 nitrogen and oxygen atoms in total. The zero-order valence-corrected chi connectivity index (χ0v) is 8.16. The van der Waals surface area contributed by atoms with Crippen molar-refractivity contribution < 1.29 is 9.53 Å². The molecule has 3 heteroatoms. The fourth-order valence-electron chi connectivity index (χ4n) is 0.913. The second-order valence-electron chi connectivity index (χ2n) is 2.55. The number of carbonyl (C=O) groups is 1. The summed E-state index contributed by atoms with van der Waals surface area (Å²) in [6.07, 6.45) is 3.09. The Morgan fingerprint density at radius 1 is 1.38 bits per heavy atom. The minimum absolute atomic E-state index is 0.00306. The highest BCUT2D eigenvalue weighted by Gasteiger charge is 2.12. The van der Waals surface area contributed by atoms with E-state index >= 15 is 0 Å². The number of carbonyl (C=O) groups excluding carboxylic acids is 1. The summed E-state index contributed by atoms with van der Waals surface area (Å²) in [6, 6.07) is 0. The molecule has 1 amide bonds. The van der Waals surface area contributed by atoms with E-state index in [-0.39, 0.29) is 5.91 Å². The fourth-order valence-corrected chi connectivity index (χ4v) is 0.913. The summed E-state index contributed by atoms with van der Waals surface area (Å²) >= 11 is 0. The van der Waals surface area contributed by atoms with Crippen molar-refractivity contribution in [1.29, 1.82) is 0 Å². The van der Waals surface area contributed by atoms with Crippen LogP contribution >= 0.6 is 0 Å². The summed E-state index contributed by atoms with van der Waals surface area (Å²) < 4.78 is 5.07. The maximum atomic E-state index is 10.9. The number of ether oxygens (including phenoxy) is 1.